The third kappa shape index (κ3) is 5.70. The standard InChI is InChI=1S/C34H46N4O6S/c1-4-23(3)26(22-39)38-30-33(42)36(17-16-35-18-20-43-21-19-35)14-7-13-34(30)29(32(38)41)28-27(45-34)8-6-15-37(31(28)40)24-9-11-25(12-10-24)44-5-2/h6-13,23,26-30,39H,4-5,14-22H2,1-3H3/t23-,26-,27+,28-,29-,30?,34-/m0/s1. The molecule has 0 radical (unpaired) electrons. The highest BCUT2D eigenvalue weighted by atomic mass is 32.2. The molecule has 7 atom stereocenters. The molecule has 1 aromatic rings. The van der Waals surface area contributed by atoms with E-state index in [9.17, 15) is 19.5 Å². The van der Waals surface area contributed by atoms with E-state index in [1.807, 2.05) is 62.1 Å². The first-order valence-electron chi connectivity index (χ1n) is 16.4. The van der Waals surface area contributed by atoms with Crippen LogP contribution in [0.2, 0.25) is 0 Å². The van der Waals surface area contributed by atoms with Gasteiger partial charge in [-0.2, -0.15) is 0 Å². The van der Waals surface area contributed by atoms with Crippen LogP contribution in [0.1, 0.15) is 27.2 Å². The maximum Gasteiger partial charge on any atom is 0.247 e. The minimum Gasteiger partial charge on any atom is -0.494 e. The molecular weight excluding hydrogens is 592 g/mol. The summed E-state index contributed by atoms with van der Waals surface area (Å²) in [6, 6.07) is 6.15. The molecule has 1 N–H and O–H groups in total. The lowest BCUT2D eigenvalue weighted by Gasteiger charge is -2.40. The van der Waals surface area contributed by atoms with E-state index in [1.165, 1.54) is 0 Å². The third-order valence-electron chi connectivity index (χ3n) is 10.3. The molecule has 5 aliphatic heterocycles. The van der Waals surface area contributed by atoms with Gasteiger partial charge >= 0.3 is 0 Å². The highest BCUT2D eigenvalue weighted by Crippen LogP contribution is 2.61. The van der Waals surface area contributed by atoms with Crippen LogP contribution in [0.3, 0.4) is 0 Å². The lowest BCUT2D eigenvalue weighted by Crippen LogP contribution is -2.58. The number of anilines is 1. The molecule has 1 unspecified atom stereocenters. The SMILES string of the molecule is CCOc1ccc(N2CC=C[C@H]3S[C@]45C=CCN(CCN6CCOCC6)C(=O)C4N([C@@H](CO)[C@@H](C)CC)C(=O)[C@@H]5[C@H]3C2=O)cc1. The number of morpholine rings is 1. The number of hydrogen-bond acceptors (Lipinski definition) is 8. The van der Waals surface area contributed by atoms with Crippen molar-refractivity contribution in [3.8, 4) is 5.75 Å². The topological polar surface area (TPSA) is 103 Å². The van der Waals surface area contributed by atoms with E-state index in [1.54, 1.807) is 21.6 Å². The van der Waals surface area contributed by atoms with Gasteiger partial charge < -0.3 is 29.3 Å². The highest BCUT2D eigenvalue weighted by Gasteiger charge is 2.72. The minimum atomic E-state index is -0.917. The Morgan fingerprint density at radius 2 is 1.78 bits per heavy atom. The summed E-state index contributed by atoms with van der Waals surface area (Å²) < 4.78 is 10.2. The number of fused-ring (bicyclic) bond motifs is 2. The number of rotatable bonds is 10. The predicted octanol–water partition coefficient (Wildman–Crippen LogP) is 2.42. The third-order valence-corrected chi connectivity index (χ3v) is 12.0. The number of carbonyl (C=O) groups excluding carboxylic acids is 3. The Labute approximate surface area is 270 Å². The second-order valence-corrected chi connectivity index (χ2v) is 14.2. The Morgan fingerprint density at radius 1 is 1.02 bits per heavy atom. The van der Waals surface area contributed by atoms with Gasteiger partial charge in [-0.15, -0.1) is 11.8 Å². The number of benzene rings is 1. The van der Waals surface area contributed by atoms with Crippen molar-refractivity contribution in [2.45, 2.75) is 49.3 Å². The van der Waals surface area contributed by atoms with Crippen molar-refractivity contribution in [1.29, 1.82) is 0 Å². The summed E-state index contributed by atoms with van der Waals surface area (Å²) in [6.07, 6.45) is 8.89. The maximum atomic E-state index is 14.8. The molecule has 3 saturated heterocycles. The van der Waals surface area contributed by atoms with E-state index in [2.05, 4.69) is 17.1 Å². The molecule has 45 heavy (non-hydrogen) atoms. The van der Waals surface area contributed by atoms with E-state index in [4.69, 9.17) is 9.47 Å². The van der Waals surface area contributed by atoms with Gasteiger partial charge in [0.2, 0.25) is 17.7 Å². The molecule has 6 rings (SSSR count). The van der Waals surface area contributed by atoms with Crippen molar-refractivity contribution in [1.82, 2.24) is 14.7 Å². The van der Waals surface area contributed by atoms with Gasteiger partial charge in [0.25, 0.3) is 0 Å². The van der Waals surface area contributed by atoms with E-state index in [0.717, 1.165) is 37.5 Å². The van der Waals surface area contributed by atoms with Gasteiger partial charge in [0.1, 0.15) is 11.8 Å². The first-order valence-corrected chi connectivity index (χ1v) is 17.3. The van der Waals surface area contributed by atoms with Crippen LogP contribution < -0.4 is 9.64 Å². The molecule has 1 spiro atoms. The monoisotopic (exact) mass is 638 g/mol. The molecule has 0 saturated carbocycles. The lowest BCUT2D eigenvalue weighted by molar-refractivity contribution is -0.146. The zero-order chi connectivity index (χ0) is 31.7. The largest absolute Gasteiger partial charge is 0.494 e. The normalized spacial score (nSPS) is 31.4. The molecule has 0 aromatic heterocycles. The van der Waals surface area contributed by atoms with Crippen molar-refractivity contribution >= 4 is 35.2 Å². The molecule has 0 bridgehead atoms. The fourth-order valence-corrected chi connectivity index (χ4v) is 9.70. The van der Waals surface area contributed by atoms with Crippen LogP contribution in [0.15, 0.2) is 48.6 Å². The summed E-state index contributed by atoms with van der Waals surface area (Å²) in [5, 5.41) is 10.4. The van der Waals surface area contributed by atoms with Gasteiger partial charge in [0, 0.05) is 50.2 Å². The molecule has 5 heterocycles. The second kappa shape index (κ2) is 13.5. The smallest absolute Gasteiger partial charge is 0.247 e. The van der Waals surface area contributed by atoms with Crippen LogP contribution in [0.4, 0.5) is 5.69 Å². The molecule has 10 nitrogen and oxygen atoms in total. The average Bonchev–Trinajstić information content (AvgIpc) is 3.37. The number of aliphatic hydroxyl groups is 1. The number of likely N-dealkylation sites (tertiary alicyclic amines) is 1. The maximum absolute atomic E-state index is 14.8. The molecule has 5 aliphatic rings. The zero-order valence-electron chi connectivity index (χ0n) is 26.5. The Hall–Kier alpha value is -2.86. The summed E-state index contributed by atoms with van der Waals surface area (Å²) >= 11 is 1.58. The molecule has 3 fully saturated rings. The van der Waals surface area contributed by atoms with Crippen molar-refractivity contribution in [2.24, 2.45) is 17.8 Å². The fraction of sp³-hybridized carbons (Fsp3) is 0.618. The summed E-state index contributed by atoms with van der Waals surface area (Å²) in [5.74, 6) is -1.09. The number of amides is 3. The molecule has 1 aromatic carbocycles. The summed E-state index contributed by atoms with van der Waals surface area (Å²) in [4.78, 5) is 51.6. The van der Waals surface area contributed by atoms with E-state index in [-0.39, 0.29) is 35.5 Å². The number of hydrogen-bond donors (Lipinski definition) is 1. The zero-order valence-corrected chi connectivity index (χ0v) is 27.4. The van der Waals surface area contributed by atoms with Crippen molar-refractivity contribution < 1.29 is 29.0 Å². The number of carbonyl (C=O) groups is 3. The van der Waals surface area contributed by atoms with Crippen molar-refractivity contribution in [3.05, 3.63) is 48.6 Å². The fourth-order valence-electron chi connectivity index (χ4n) is 7.70. The minimum absolute atomic E-state index is 0.0254. The average molecular weight is 639 g/mol. The first kappa shape index (κ1) is 32.1. The molecule has 11 heteroatoms. The van der Waals surface area contributed by atoms with Gasteiger partial charge in [0.15, 0.2) is 0 Å². The van der Waals surface area contributed by atoms with E-state index in [0.29, 0.717) is 39.5 Å². The Morgan fingerprint density at radius 3 is 2.47 bits per heavy atom. The van der Waals surface area contributed by atoms with E-state index >= 15 is 0 Å². The van der Waals surface area contributed by atoms with Gasteiger partial charge in [0.05, 0.1) is 49.1 Å². The predicted molar refractivity (Wildman–Crippen MR) is 174 cm³/mol. The van der Waals surface area contributed by atoms with Crippen LogP contribution >= 0.6 is 11.8 Å². The summed E-state index contributed by atoms with van der Waals surface area (Å²) in [7, 11) is 0. The van der Waals surface area contributed by atoms with Crippen molar-refractivity contribution in [2.75, 3.05) is 70.6 Å². The Balaban J connectivity index is 1.36. The highest BCUT2D eigenvalue weighted by molar-refractivity contribution is 8.02. The van der Waals surface area contributed by atoms with Crippen LogP contribution in [-0.4, -0.2) is 125 Å². The van der Waals surface area contributed by atoms with Crippen LogP contribution in [-0.2, 0) is 19.1 Å². The quantitative estimate of drug-likeness (QED) is 0.390. The number of thioether (sulfide) groups is 1. The number of nitrogens with zero attached hydrogens (tertiary/aromatic N) is 4. The Bertz CT molecular complexity index is 1320. The van der Waals surface area contributed by atoms with Gasteiger partial charge in [-0.3, -0.25) is 19.3 Å². The Kier molecular flexibility index (Phi) is 9.61. The van der Waals surface area contributed by atoms with Crippen LogP contribution in [0.25, 0.3) is 0 Å². The number of aliphatic hydroxyl groups excluding tert-OH is 1. The van der Waals surface area contributed by atoms with Gasteiger partial charge in [-0.25, -0.2) is 0 Å². The summed E-state index contributed by atoms with van der Waals surface area (Å²) in [5.41, 5.74) is 0.744. The molecule has 244 valence electrons. The molecule has 3 amide bonds. The lowest BCUT2D eigenvalue weighted by atomic mass is 9.78. The molecular formula is C34H46N4O6S. The second-order valence-electron chi connectivity index (χ2n) is 12.7. The van der Waals surface area contributed by atoms with E-state index < -0.39 is 28.7 Å². The first-order chi connectivity index (χ1) is 21.8. The van der Waals surface area contributed by atoms with Gasteiger partial charge in [-0.05, 0) is 37.1 Å². The number of ether oxygens (including phenoxy) is 2. The van der Waals surface area contributed by atoms with Crippen LogP contribution in [0, 0.1) is 17.8 Å². The summed E-state index contributed by atoms with van der Waals surface area (Å²) in [6.45, 7) is 11.4. The van der Waals surface area contributed by atoms with Crippen LogP contribution in [0.5, 0.6) is 5.75 Å². The van der Waals surface area contributed by atoms with Crippen molar-refractivity contribution in [3.63, 3.8) is 0 Å². The molecule has 0 aliphatic carbocycles. The van der Waals surface area contributed by atoms with Gasteiger partial charge in [-0.1, -0.05) is 44.6 Å².